The zero-order valence-corrected chi connectivity index (χ0v) is 8.42. The van der Waals surface area contributed by atoms with Gasteiger partial charge in [0.2, 0.25) is 0 Å². The van der Waals surface area contributed by atoms with E-state index >= 15 is 0 Å². The van der Waals surface area contributed by atoms with E-state index in [4.69, 9.17) is 10.8 Å². The van der Waals surface area contributed by atoms with Crippen molar-refractivity contribution in [2.45, 2.75) is 45.6 Å². The molecule has 0 bridgehead atoms. The van der Waals surface area contributed by atoms with E-state index in [2.05, 4.69) is 6.92 Å². The minimum atomic E-state index is -0.722. The molecule has 0 aromatic heterocycles. The molecule has 2 atom stereocenters. The molecule has 3 N–H and O–H groups in total. The monoisotopic (exact) mass is 185 g/mol. The van der Waals surface area contributed by atoms with Gasteiger partial charge in [-0.15, -0.1) is 0 Å². The third-order valence-electron chi connectivity index (χ3n) is 3.11. The Morgan fingerprint density at radius 2 is 2.15 bits per heavy atom. The van der Waals surface area contributed by atoms with Gasteiger partial charge in [-0.1, -0.05) is 13.8 Å². The molecule has 0 aromatic carbocycles. The summed E-state index contributed by atoms with van der Waals surface area (Å²) in [4.78, 5) is 10.4. The van der Waals surface area contributed by atoms with E-state index in [1.165, 1.54) is 12.8 Å². The number of nitrogens with two attached hydrogens (primary N) is 1. The number of carbonyl (C=O) groups is 1. The van der Waals surface area contributed by atoms with Crippen LogP contribution in [0.5, 0.6) is 0 Å². The molecule has 1 fully saturated rings. The third-order valence-corrected chi connectivity index (χ3v) is 3.11. The van der Waals surface area contributed by atoms with Gasteiger partial charge in [0.1, 0.15) is 0 Å². The molecule has 0 aromatic rings. The fraction of sp³-hybridized carbons (Fsp3) is 0.900. The van der Waals surface area contributed by atoms with Crippen LogP contribution in [-0.4, -0.2) is 17.1 Å². The molecule has 1 aliphatic carbocycles. The summed E-state index contributed by atoms with van der Waals surface area (Å²) in [6.07, 6.45) is 3.48. The van der Waals surface area contributed by atoms with Crippen molar-refractivity contribution in [2.75, 3.05) is 0 Å². The van der Waals surface area contributed by atoms with Crippen molar-refractivity contribution in [2.24, 2.45) is 17.1 Å². The molecule has 0 saturated heterocycles. The summed E-state index contributed by atoms with van der Waals surface area (Å²) in [7, 11) is 0. The Morgan fingerprint density at radius 3 is 2.54 bits per heavy atom. The molecule has 0 aliphatic heterocycles. The second-order valence-corrected chi connectivity index (χ2v) is 4.70. The molecule has 0 heterocycles. The molecule has 1 aliphatic rings. The fourth-order valence-corrected chi connectivity index (χ4v) is 1.67. The summed E-state index contributed by atoms with van der Waals surface area (Å²) >= 11 is 0. The van der Waals surface area contributed by atoms with Gasteiger partial charge in [-0.3, -0.25) is 4.79 Å². The topological polar surface area (TPSA) is 63.3 Å². The highest BCUT2D eigenvalue weighted by Gasteiger charge is 2.43. The van der Waals surface area contributed by atoms with Gasteiger partial charge in [0.05, 0.1) is 0 Å². The average molecular weight is 185 g/mol. The average Bonchev–Trinajstić information content (AvgIpc) is 2.67. The van der Waals surface area contributed by atoms with Gasteiger partial charge in [0.25, 0.3) is 0 Å². The first-order chi connectivity index (χ1) is 5.94. The molecule has 3 nitrogen and oxygen atoms in total. The van der Waals surface area contributed by atoms with Crippen molar-refractivity contribution in [1.29, 1.82) is 0 Å². The van der Waals surface area contributed by atoms with Crippen molar-refractivity contribution < 1.29 is 9.90 Å². The maximum absolute atomic E-state index is 10.4. The maximum atomic E-state index is 10.4. The van der Waals surface area contributed by atoms with E-state index in [9.17, 15) is 4.79 Å². The highest BCUT2D eigenvalue weighted by Crippen LogP contribution is 2.48. The second kappa shape index (κ2) is 3.66. The molecular weight excluding hydrogens is 166 g/mol. The molecule has 1 rings (SSSR count). The van der Waals surface area contributed by atoms with Crippen LogP contribution in [0.4, 0.5) is 0 Å². The lowest BCUT2D eigenvalue weighted by Crippen LogP contribution is -2.31. The quantitative estimate of drug-likeness (QED) is 0.684. The number of carboxylic acid groups (broad SMARTS) is 1. The van der Waals surface area contributed by atoms with E-state index in [0.717, 1.165) is 6.42 Å². The summed E-state index contributed by atoms with van der Waals surface area (Å²) in [6.45, 7) is 4.14. The first kappa shape index (κ1) is 10.5. The summed E-state index contributed by atoms with van der Waals surface area (Å²) in [5, 5.41) is 8.57. The third kappa shape index (κ3) is 2.99. The minimum Gasteiger partial charge on any atom is -0.481 e. The summed E-state index contributed by atoms with van der Waals surface area (Å²) in [5.74, 6) is -0.523. The van der Waals surface area contributed by atoms with Crippen LogP contribution in [0.1, 0.15) is 39.5 Å². The molecule has 0 spiro atoms. The Balaban J connectivity index is 2.27. The summed E-state index contributed by atoms with van der Waals surface area (Å²) < 4.78 is 0. The number of carboxylic acids is 1. The minimum absolute atomic E-state index is 0.182. The van der Waals surface area contributed by atoms with Crippen LogP contribution in [0, 0.1) is 11.3 Å². The second-order valence-electron chi connectivity index (χ2n) is 4.70. The first-order valence-electron chi connectivity index (χ1n) is 4.91. The van der Waals surface area contributed by atoms with E-state index in [0.29, 0.717) is 5.41 Å². The SMILES string of the molecule is C[C@@H](CC(=O)O)C[C@@H](N)C1(C)CC1. The van der Waals surface area contributed by atoms with Gasteiger partial charge < -0.3 is 10.8 Å². The van der Waals surface area contributed by atoms with Crippen molar-refractivity contribution >= 4 is 5.97 Å². The van der Waals surface area contributed by atoms with Crippen LogP contribution >= 0.6 is 0 Å². The van der Waals surface area contributed by atoms with E-state index in [-0.39, 0.29) is 18.4 Å². The zero-order valence-electron chi connectivity index (χ0n) is 8.42. The zero-order chi connectivity index (χ0) is 10.1. The summed E-state index contributed by atoms with van der Waals surface area (Å²) in [5.41, 5.74) is 6.31. The number of aliphatic carboxylic acids is 1. The number of rotatable bonds is 5. The lowest BCUT2D eigenvalue weighted by atomic mass is 9.89. The first-order valence-corrected chi connectivity index (χ1v) is 4.91. The number of hydrogen-bond donors (Lipinski definition) is 2. The predicted octanol–water partition coefficient (Wildman–Crippen LogP) is 1.61. The normalized spacial score (nSPS) is 23.6. The van der Waals surface area contributed by atoms with Gasteiger partial charge in [0, 0.05) is 12.5 Å². The standard InChI is InChI=1S/C10H19NO2/c1-7(6-9(12)13)5-8(11)10(2)3-4-10/h7-8H,3-6,11H2,1-2H3,(H,12,13)/t7-,8-/m1/s1. The molecular formula is C10H19NO2. The van der Waals surface area contributed by atoms with Gasteiger partial charge in [-0.2, -0.15) is 0 Å². The Bertz CT molecular complexity index is 199. The van der Waals surface area contributed by atoms with Gasteiger partial charge in [-0.25, -0.2) is 0 Å². The van der Waals surface area contributed by atoms with Crippen molar-refractivity contribution in [3.8, 4) is 0 Å². The molecule has 0 radical (unpaired) electrons. The Labute approximate surface area is 79.3 Å². The summed E-state index contributed by atoms with van der Waals surface area (Å²) in [6, 6.07) is 0.182. The Kier molecular flexibility index (Phi) is 2.96. The molecule has 1 saturated carbocycles. The Hall–Kier alpha value is -0.570. The van der Waals surface area contributed by atoms with Gasteiger partial charge >= 0.3 is 5.97 Å². The Morgan fingerprint density at radius 1 is 1.62 bits per heavy atom. The van der Waals surface area contributed by atoms with E-state index in [1.54, 1.807) is 0 Å². The van der Waals surface area contributed by atoms with Crippen LogP contribution in [-0.2, 0) is 4.79 Å². The highest BCUT2D eigenvalue weighted by atomic mass is 16.4. The van der Waals surface area contributed by atoms with Crippen molar-refractivity contribution in [3.05, 3.63) is 0 Å². The van der Waals surface area contributed by atoms with Crippen molar-refractivity contribution in [3.63, 3.8) is 0 Å². The van der Waals surface area contributed by atoms with E-state index < -0.39 is 5.97 Å². The highest BCUT2D eigenvalue weighted by molar-refractivity contribution is 5.66. The molecule has 0 amide bonds. The lowest BCUT2D eigenvalue weighted by Gasteiger charge is -2.21. The van der Waals surface area contributed by atoms with Crippen LogP contribution in [0.3, 0.4) is 0 Å². The largest absolute Gasteiger partial charge is 0.481 e. The lowest BCUT2D eigenvalue weighted by molar-refractivity contribution is -0.138. The predicted molar refractivity (Wildman–Crippen MR) is 51.4 cm³/mol. The van der Waals surface area contributed by atoms with Crippen molar-refractivity contribution in [1.82, 2.24) is 0 Å². The van der Waals surface area contributed by atoms with Crippen LogP contribution in [0.15, 0.2) is 0 Å². The van der Waals surface area contributed by atoms with E-state index in [1.807, 2.05) is 6.92 Å². The molecule has 3 heteroatoms. The fourth-order valence-electron chi connectivity index (χ4n) is 1.67. The van der Waals surface area contributed by atoms with Crippen LogP contribution < -0.4 is 5.73 Å². The number of hydrogen-bond acceptors (Lipinski definition) is 2. The van der Waals surface area contributed by atoms with Gasteiger partial charge in [-0.05, 0) is 30.6 Å². The molecule has 0 unspecified atom stereocenters. The molecule has 76 valence electrons. The molecule has 13 heavy (non-hydrogen) atoms. The van der Waals surface area contributed by atoms with Crippen LogP contribution in [0.25, 0.3) is 0 Å². The van der Waals surface area contributed by atoms with Gasteiger partial charge in [0.15, 0.2) is 0 Å². The maximum Gasteiger partial charge on any atom is 0.303 e. The van der Waals surface area contributed by atoms with Crippen LogP contribution in [0.2, 0.25) is 0 Å². The smallest absolute Gasteiger partial charge is 0.303 e.